The molecular formula is C18H19N2O3PS. The Morgan fingerprint density at radius 2 is 1.80 bits per heavy atom. The summed E-state index contributed by atoms with van der Waals surface area (Å²) in [7, 11) is -4.23. The van der Waals surface area contributed by atoms with Gasteiger partial charge in [-0.05, 0) is 29.1 Å². The van der Waals surface area contributed by atoms with Gasteiger partial charge in [-0.2, -0.15) is 0 Å². The number of benzene rings is 1. The molecule has 0 amide bonds. The van der Waals surface area contributed by atoms with Gasteiger partial charge in [0.15, 0.2) is 0 Å². The summed E-state index contributed by atoms with van der Waals surface area (Å²) >= 11 is 1.56. The fourth-order valence-electron chi connectivity index (χ4n) is 2.77. The van der Waals surface area contributed by atoms with Gasteiger partial charge in [-0.15, -0.1) is 11.3 Å². The summed E-state index contributed by atoms with van der Waals surface area (Å²) in [6.07, 6.45) is 1.37. The van der Waals surface area contributed by atoms with Gasteiger partial charge in [0, 0.05) is 17.6 Å². The molecule has 3 aromatic rings. The van der Waals surface area contributed by atoms with Crippen molar-refractivity contribution in [2.75, 3.05) is 6.29 Å². The first-order chi connectivity index (χ1) is 12.0. The second-order valence-corrected chi connectivity index (χ2v) is 8.30. The third kappa shape index (κ3) is 5.08. The van der Waals surface area contributed by atoms with Crippen LogP contribution < -0.4 is 0 Å². The van der Waals surface area contributed by atoms with Crippen LogP contribution in [-0.4, -0.2) is 26.0 Å². The molecule has 5 nitrogen and oxygen atoms in total. The average Bonchev–Trinajstić information content (AvgIpc) is 3.09. The molecule has 130 valence electrons. The predicted molar refractivity (Wildman–Crippen MR) is 99.3 cm³/mol. The Kier molecular flexibility index (Phi) is 5.78. The van der Waals surface area contributed by atoms with E-state index >= 15 is 0 Å². The van der Waals surface area contributed by atoms with Gasteiger partial charge in [-0.1, -0.05) is 42.5 Å². The van der Waals surface area contributed by atoms with E-state index in [0.717, 1.165) is 16.1 Å². The molecule has 2 heterocycles. The maximum atomic E-state index is 11.8. The highest BCUT2D eigenvalue weighted by Crippen LogP contribution is 2.41. The lowest BCUT2D eigenvalue weighted by molar-refractivity contribution is 0.227. The molecule has 0 aliphatic carbocycles. The lowest BCUT2D eigenvalue weighted by atomic mass is 10.1. The van der Waals surface area contributed by atoms with Gasteiger partial charge < -0.3 is 9.79 Å². The molecule has 0 saturated heterocycles. The molecule has 0 spiro atoms. The quantitative estimate of drug-likeness (QED) is 0.614. The molecular weight excluding hydrogens is 355 g/mol. The number of rotatable bonds is 7. The molecule has 0 radical (unpaired) electrons. The average molecular weight is 374 g/mol. The Morgan fingerprint density at radius 3 is 2.40 bits per heavy atom. The first kappa shape index (κ1) is 18.0. The number of aromatic nitrogens is 1. The van der Waals surface area contributed by atoms with Crippen molar-refractivity contribution >= 4 is 18.9 Å². The van der Waals surface area contributed by atoms with Crippen molar-refractivity contribution < 1.29 is 14.4 Å². The minimum atomic E-state index is -4.23. The molecule has 0 aliphatic rings. The molecule has 0 bridgehead atoms. The van der Waals surface area contributed by atoms with Crippen LogP contribution in [0.3, 0.4) is 0 Å². The number of thiophene rings is 1. The van der Waals surface area contributed by atoms with Gasteiger partial charge in [0.05, 0.1) is 11.7 Å². The zero-order valence-electron chi connectivity index (χ0n) is 13.5. The van der Waals surface area contributed by atoms with Gasteiger partial charge in [-0.25, -0.2) is 0 Å². The van der Waals surface area contributed by atoms with Crippen molar-refractivity contribution in [3.05, 3.63) is 88.4 Å². The van der Waals surface area contributed by atoms with E-state index in [1.807, 2.05) is 66.0 Å². The lowest BCUT2D eigenvalue weighted by Gasteiger charge is -2.31. The molecule has 2 aromatic heterocycles. The second-order valence-electron chi connectivity index (χ2n) is 5.71. The van der Waals surface area contributed by atoms with Crippen LogP contribution in [-0.2, 0) is 11.1 Å². The first-order valence-corrected chi connectivity index (χ1v) is 10.5. The monoisotopic (exact) mass is 374 g/mol. The van der Waals surface area contributed by atoms with Crippen LogP contribution in [0.1, 0.15) is 22.2 Å². The van der Waals surface area contributed by atoms with Crippen LogP contribution in [0, 0.1) is 0 Å². The molecule has 1 unspecified atom stereocenters. The predicted octanol–water partition coefficient (Wildman–Crippen LogP) is 3.87. The van der Waals surface area contributed by atoms with Crippen LogP contribution in [0.25, 0.3) is 0 Å². The van der Waals surface area contributed by atoms with Crippen LogP contribution in [0.5, 0.6) is 0 Å². The van der Waals surface area contributed by atoms with E-state index in [0.29, 0.717) is 6.54 Å². The fourth-order valence-corrected chi connectivity index (χ4v) is 4.38. The first-order valence-electron chi connectivity index (χ1n) is 7.80. The number of pyridine rings is 1. The largest absolute Gasteiger partial charge is 0.339 e. The molecule has 0 aliphatic heterocycles. The molecule has 25 heavy (non-hydrogen) atoms. The summed E-state index contributed by atoms with van der Waals surface area (Å²) in [6.45, 7) is 0.422. The van der Waals surface area contributed by atoms with E-state index < -0.39 is 7.60 Å². The molecule has 1 atom stereocenters. The normalized spacial score (nSPS) is 13.1. The molecule has 3 rings (SSSR count). The van der Waals surface area contributed by atoms with Gasteiger partial charge in [0.25, 0.3) is 0 Å². The molecule has 0 fully saturated rings. The third-order valence-corrected chi connectivity index (χ3v) is 5.40. The third-order valence-electron chi connectivity index (χ3n) is 3.74. The number of nitrogens with zero attached hydrogens (tertiary/aromatic N) is 2. The summed E-state index contributed by atoms with van der Waals surface area (Å²) in [5.41, 5.74) is 1.77. The van der Waals surface area contributed by atoms with Crippen molar-refractivity contribution in [2.45, 2.75) is 12.6 Å². The van der Waals surface area contributed by atoms with Crippen molar-refractivity contribution in [3.63, 3.8) is 0 Å². The maximum absolute atomic E-state index is 11.8. The Labute approximate surface area is 150 Å². The molecule has 0 saturated carbocycles. The second kappa shape index (κ2) is 8.04. The van der Waals surface area contributed by atoms with Gasteiger partial charge >= 0.3 is 7.60 Å². The molecule has 1 aromatic carbocycles. The van der Waals surface area contributed by atoms with E-state index in [-0.39, 0.29) is 12.3 Å². The maximum Gasteiger partial charge on any atom is 0.339 e. The summed E-state index contributed by atoms with van der Waals surface area (Å²) in [6, 6.07) is 18.9. The smallest absolute Gasteiger partial charge is 0.324 e. The van der Waals surface area contributed by atoms with E-state index in [4.69, 9.17) is 0 Å². The van der Waals surface area contributed by atoms with Crippen LogP contribution >= 0.6 is 18.9 Å². The summed E-state index contributed by atoms with van der Waals surface area (Å²) in [4.78, 5) is 26.5. The van der Waals surface area contributed by atoms with Crippen molar-refractivity contribution in [1.29, 1.82) is 0 Å². The standard InChI is InChI=1S/C18H19N2O3PS/c21-24(22,23)14-20(13-15-7-2-1-3-8-15)18(17-10-6-12-25-17)16-9-4-5-11-19-16/h1-12,18H,13-14H2,(H2,21,22,23). The minimum absolute atomic E-state index is 0.311. The lowest BCUT2D eigenvalue weighted by Crippen LogP contribution is -2.30. The number of hydrogen-bond acceptors (Lipinski definition) is 4. The van der Waals surface area contributed by atoms with E-state index in [9.17, 15) is 14.4 Å². The van der Waals surface area contributed by atoms with Gasteiger partial charge in [0.1, 0.15) is 6.29 Å². The summed E-state index contributed by atoms with van der Waals surface area (Å²) in [5.74, 6) is 0. The summed E-state index contributed by atoms with van der Waals surface area (Å²) < 4.78 is 11.8. The Morgan fingerprint density at radius 1 is 1.04 bits per heavy atom. The summed E-state index contributed by atoms with van der Waals surface area (Å²) in [5, 5.41) is 1.96. The Bertz CT molecular complexity index is 822. The van der Waals surface area contributed by atoms with E-state index in [2.05, 4.69) is 4.98 Å². The van der Waals surface area contributed by atoms with E-state index in [1.54, 1.807) is 22.4 Å². The minimum Gasteiger partial charge on any atom is -0.324 e. The highest BCUT2D eigenvalue weighted by atomic mass is 32.1. The SMILES string of the molecule is O=P(O)(O)CN(Cc1ccccc1)C(c1ccccn1)c1cccs1. The molecule has 2 N–H and O–H groups in total. The highest BCUT2D eigenvalue weighted by molar-refractivity contribution is 7.51. The Hall–Kier alpha value is -1.82. The van der Waals surface area contributed by atoms with Crippen molar-refractivity contribution in [1.82, 2.24) is 9.88 Å². The number of hydrogen-bond donors (Lipinski definition) is 2. The highest BCUT2D eigenvalue weighted by Gasteiger charge is 2.29. The van der Waals surface area contributed by atoms with Crippen LogP contribution in [0.15, 0.2) is 72.2 Å². The van der Waals surface area contributed by atoms with Crippen LogP contribution in [0.4, 0.5) is 0 Å². The van der Waals surface area contributed by atoms with E-state index in [1.165, 1.54) is 0 Å². The zero-order valence-corrected chi connectivity index (χ0v) is 15.2. The molecule has 7 heteroatoms. The van der Waals surface area contributed by atoms with Crippen molar-refractivity contribution in [3.8, 4) is 0 Å². The van der Waals surface area contributed by atoms with Crippen LogP contribution in [0.2, 0.25) is 0 Å². The topological polar surface area (TPSA) is 73.7 Å². The zero-order chi connectivity index (χ0) is 17.7. The van der Waals surface area contributed by atoms with Gasteiger partial charge in [0.2, 0.25) is 0 Å². The fraction of sp³-hybridized carbons (Fsp3) is 0.167. The Balaban J connectivity index is 2.01. The van der Waals surface area contributed by atoms with Gasteiger partial charge in [-0.3, -0.25) is 14.4 Å². The van der Waals surface area contributed by atoms with Crippen molar-refractivity contribution in [2.24, 2.45) is 0 Å².